The van der Waals surface area contributed by atoms with Crippen LogP contribution in [0.15, 0.2) is 36.8 Å². The van der Waals surface area contributed by atoms with Gasteiger partial charge in [-0.05, 0) is 39.0 Å². The second-order valence-corrected chi connectivity index (χ2v) is 5.38. The second-order valence-electron chi connectivity index (χ2n) is 3.81. The second kappa shape index (κ2) is 7.42. The van der Waals surface area contributed by atoms with E-state index in [1.54, 1.807) is 0 Å². The van der Waals surface area contributed by atoms with E-state index < -0.39 is 10.1 Å². The van der Waals surface area contributed by atoms with Gasteiger partial charge >= 0.3 is 0 Å². The van der Waals surface area contributed by atoms with Crippen LogP contribution in [0.5, 0.6) is 0 Å². The molecule has 0 aliphatic carbocycles. The summed E-state index contributed by atoms with van der Waals surface area (Å²) in [6.45, 7) is 6.35. The van der Waals surface area contributed by atoms with Gasteiger partial charge in [0, 0.05) is 6.42 Å². The molecule has 98 valence electrons. The van der Waals surface area contributed by atoms with Gasteiger partial charge in [-0.3, -0.25) is 4.55 Å². The van der Waals surface area contributed by atoms with Crippen LogP contribution in [-0.2, 0) is 10.1 Å². The summed E-state index contributed by atoms with van der Waals surface area (Å²) in [5.41, 5.74) is 0. The third-order valence-corrected chi connectivity index (χ3v) is 3.03. The lowest BCUT2D eigenvalue weighted by Gasteiger charge is -2.26. The molecular weight excluding hydrogens is 238 g/mol. The normalized spacial score (nSPS) is 14.4. The molecule has 0 aliphatic rings. The number of allylic oxidation sites excluding steroid dienone is 3. The molecule has 0 unspecified atom stereocenters. The Morgan fingerprint density at radius 2 is 1.41 bits per heavy atom. The maximum absolute atomic E-state index is 10.7. The summed E-state index contributed by atoms with van der Waals surface area (Å²) in [6, 6.07) is 0. The topological polar surface area (TPSA) is 54.4 Å². The van der Waals surface area contributed by atoms with Crippen LogP contribution in [0.25, 0.3) is 0 Å². The smallest absolute Gasteiger partial charge is 0.265 e. The SMILES string of the molecule is C/C=C/[N+](/C=C/C)(/C=C/C)CCCS(=O)(=O)O. The van der Waals surface area contributed by atoms with Gasteiger partial charge in [0.05, 0.1) is 12.3 Å². The molecule has 0 spiro atoms. The molecule has 0 saturated heterocycles. The molecule has 0 heterocycles. The lowest BCUT2D eigenvalue weighted by atomic mass is 10.3. The zero-order chi connectivity index (χ0) is 13.4. The van der Waals surface area contributed by atoms with Gasteiger partial charge in [-0.2, -0.15) is 8.42 Å². The molecule has 0 bridgehead atoms. The van der Waals surface area contributed by atoms with Crippen LogP contribution in [0.4, 0.5) is 0 Å². The first-order chi connectivity index (χ1) is 7.89. The van der Waals surface area contributed by atoms with Gasteiger partial charge in [0.1, 0.15) is 18.6 Å². The van der Waals surface area contributed by atoms with Crippen molar-refractivity contribution in [2.24, 2.45) is 0 Å². The van der Waals surface area contributed by atoms with Crippen LogP contribution in [0.1, 0.15) is 27.2 Å². The molecule has 0 amide bonds. The zero-order valence-electron chi connectivity index (χ0n) is 10.7. The minimum absolute atomic E-state index is 0.209. The maximum atomic E-state index is 10.7. The Balaban J connectivity index is 4.80. The zero-order valence-corrected chi connectivity index (χ0v) is 11.5. The highest BCUT2D eigenvalue weighted by atomic mass is 32.2. The fraction of sp³-hybridized carbons (Fsp3) is 0.500. The van der Waals surface area contributed by atoms with Gasteiger partial charge in [-0.25, -0.2) is 4.48 Å². The summed E-state index contributed by atoms with van der Waals surface area (Å²) < 4.78 is 30.5. The van der Waals surface area contributed by atoms with Gasteiger partial charge in [-0.1, -0.05) is 0 Å². The van der Waals surface area contributed by atoms with Crippen LogP contribution in [0, 0.1) is 0 Å². The number of rotatable bonds is 7. The number of hydrogen-bond acceptors (Lipinski definition) is 2. The van der Waals surface area contributed by atoms with E-state index in [2.05, 4.69) is 0 Å². The molecule has 0 saturated carbocycles. The standard InChI is InChI=1S/C12H21NO3S/c1-4-8-13(9-5-2,10-6-3)11-7-12-17(14,15)16/h4-6,8-10H,7,11-12H2,1-3H3/p+1/b8-4+,9-5+,10-6+. The van der Waals surface area contributed by atoms with E-state index >= 15 is 0 Å². The lowest BCUT2D eigenvalue weighted by Crippen LogP contribution is -2.32. The van der Waals surface area contributed by atoms with Crippen LogP contribution in [0.2, 0.25) is 0 Å². The molecule has 0 fully saturated rings. The summed E-state index contributed by atoms with van der Waals surface area (Å²) in [5.74, 6) is -0.209. The number of quaternary nitrogens is 1. The van der Waals surface area contributed by atoms with Crippen molar-refractivity contribution in [1.29, 1.82) is 0 Å². The van der Waals surface area contributed by atoms with E-state index in [9.17, 15) is 8.42 Å². The van der Waals surface area contributed by atoms with Crippen LogP contribution >= 0.6 is 0 Å². The molecule has 0 atom stereocenters. The van der Waals surface area contributed by atoms with Crippen molar-refractivity contribution in [3.8, 4) is 0 Å². The van der Waals surface area contributed by atoms with Gasteiger partial charge < -0.3 is 0 Å². The van der Waals surface area contributed by atoms with Crippen molar-refractivity contribution in [1.82, 2.24) is 0 Å². The quantitative estimate of drug-likeness (QED) is 0.565. The molecule has 5 heteroatoms. The molecule has 0 aliphatic heterocycles. The van der Waals surface area contributed by atoms with Crippen LogP contribution in [-0.4, -0.2) is 29.8 Å². The molecule has 0 aromatic heterocycles. The highest BCUT2D eigenvalue weighted by molar-refractivity contribution is 7.85. The monoisotopic (exact) mass is 260 g/mol. The summed E-state index contributed by atoms with van der Waals surface area (Å²) in [6.07, 6.45) is 12.1. The Hall–Kier alpha value is -0.910. The van der Waals surface area contributed by atoms with Crippen molar-refractivity contribution in [2.75, 3.05) is 12.3 Å². The van der Waals surface area contributed by atoms with Crippen LogP contribution in [0.3, 0.4) is 0 Å². The first kappa shape index (κ1) is 16.1. The summed E-state index contributed by atoms with van der Waals surface area (Å²) in [4.78, 5) is 0. The highest BCUT2D eigenvalue weighted by Crippen LogP contribution is 2.14. The summed E-state index contributed by atoms with van der Waals surface area (Å²) in [7, 11) is -3.87. The van der Waals surface area contributed by atoms with Crippen molar-refractivity contribution in [2.45, 2.75) is 27.2 Å². The average molecular weight is 260 g/mol. The fourth-order valence-corrected chi connectivity index (χ4v) is 2.22. The first-order valence-electron chi connectivity index (χ1n) is 5.63. The fourth-order valence-electron chi connectivity index (χ4n) is 1.73. The van der Waals surface area contributed by atoms with E-state index in [1.165, 1.54) is 0 Å². The van der Waals surface area contributed by atoms with Gasteiger partial charge in [0.2, 0.25) is 0 Å². The average Bonchev–Trinajstić information content (AvgIpc) is 2.16. The van der Waals surface area contributed by atoms with Crippen molar-refractivity contribution in [3.05, 3.63) is 36.8 Å². The predicted molar refractivity (Wildman–Crippen MR) is 70.6 cm³/mol. The Kier molecular flexibility index (Phi) is 7.03. The molecule has 4 nitrogen and oxygen atoms in total. The Morgan fingerprint density at radius 1 is 1.00 bits per heavy atom. The summed E-state index contributed by atoms with van der Waals surface area (Å²) in [5, 5.41) is 0. The van der Waals surface area contributed by atoms with Gasteiger partial charge in [-0.15, -0.1) is 0 Å². The highest BCUT2D eigenvalue weighted by Gasteiger charge is 2.19. The Bertz CT molecular complexity index is 363. The molecule has 17 heavy (non-hydrogen) atoms. The molecule has 0 rings (SSSR count). The Labute approximate surface area is 104 Å². The van der Waals surface area contributed by atoms with E-state index in [-0.39, 0.29) is 5.75 Å². The van der Waals surface area contributed by atoms with E-state index in [1.807, 2.05) is 57.6 Å². The van der Waals surface area contributed by atoms with Gasteiger partial charge in [0.25, 0.3) is 10.1 Å². The lowest BCUT2D eigenvalue weighted by molar-refractivity contribution is -0.773. The van der Waals surface area contributed by atoms with E-state index in [0.29, 0.717) is 17.4 Å². The Morgan fingerprint density at radius 3 is 1.71 bits per heavy atom. The number of nitrogens with zero attached hydrogens (tertiary/aromatic N) is 1. The van der Waals surface area contributed by atoms with Crippen molar-refractivity contribution >= 4 is 10.1 Å². The van der Waals surface area contributed by atoms with Crippen molar-refractivity contribution in [3.63, 3.8) is 0 Å². The minimum Gasteiger partial charge on any atom is -0.286 e. The summed E-state index contributed by atoms with van der Waals surface area (Å²) >= 11 is 0. The van der Waals surface area contributed by atoms with Crippen LogP contribution < -0.4 is 0 Å². The van der Waals surface area contributed by atoms with E-state index in [4.69, 9.17) is 4.55 Å². The predicted octanol–water partition coefficient (Wildman–Crippen LogP) is 2.68. The minimum atomic E-state index is -3.87. The molecule has 0 radical (unpaired) electrons. The molecule has 0 aromatic carbocycles. The van der Waals surface area contributed by atoms with Gasteiger partial charge in [0.15, 0.2) is 0 Å². The van der Waals surface area contributed by atoms with E-state index in [0.717, 1.165) is 0 Å². The number of hydrogen-bond donors (Lipinski definition) is 1. The third kappa shape index (κ3) is 7.10. The molecule has 1 N–H and O–H groups in total. The molecular formula is C12H22NO3S+. The first-order valence-corrected chi connectivity index (χ1v) is 7.24. The molecule has 0 aromatic rings. The maximum Gasteiger partial charge on any atom is 0.265 e. The largest absolute Gasteiger partial charge is 0.286 e. The van der Waals surface area contributed by atoms with Crippen molar-refractivity contribution < 1.29 is 17.5 Å². The third-order valence-electron chi connectivity index (χ3n) is 2.23.